The van der Waals surface area contributed by atoms with Crippen LogP contribution in [0.25, 0.3) is 16.8 Å². The van der Waals surface area contributed by atoms with E-state index in [0.717, 1.165) is 25.8 Å². The standard InChI is InChI=1S/C28H20Br2N2O2/c1-18-24(28(33)32(31-18)22-11-3-2-4-12-22)14-19-15-25(29)27(26(30)16-19)34-17-21-10-7-9-20-8-5-6-13-23(20)21/h2-16H,17H2,1H3/b24-14+. The third kappa shape index (κ3) is 4.43. The van der Waals surface area contributed by atoms with E-state index in [9.17, 15) is 4.79 Å². The molecular formula is C28H20Br2N2O2. The van der Waals surface area contributed by atoms with Crippen molar-refractivity contribution in [3.63, 3.8) is 0 Å². The van der Waals surface area contributed by atoms with Gasteiger partial charge in [-0.1, -0.05) is 60.7 Å². The summed E-state index contributed by atoms with van der Waals surface area (Å²) in [6.45, 7) is 2.29. The fraction of sp³-hybridized carbons (Fsp3) is 0.0714. The summed E-state index contributed by atoms with van der Waals surface area (Å²) in [5.41, 5.74) is 3.97. The van der Waals surface area contributed by atoms with Crippen LogP contribution in [0.4, 0.5) is 5.69 Å². The summed E-state index contributed by atoms with van der Waals surface area (Å²) in [5.74, 6) is 0.566. The maximum absolute atomic E-state index is 13.0. The zero-order valence-corrected chi connectivity index (χ0v) is 21.5. The lowest BCUT2D eigenvalue weighted by Crippen LogP contribution is -2.21. The van der Waals surface area contributed by atoms with E-state index in [-0.39, 0.29) is 5.91 Å². The van der Waals surface area contributed by atoms with E-state index in [2.05, 4.69) is 61.2 Å². The van der Waals surface area contributed by atoms with Crippen LogP contribution in [0.3, 0.4) is 0 Å². The van der Waals surface area contributed by atoms with E-state index in [0.29, 0.717) is 23.6 Å². The molecule has 4 aromatic rings. The van der Waals surface area contributed by atoms with E-state index < -0.39 is 0 Å². The molecule has 0 saturated heterocycles. The molecule has 0 radical (unpaired) electrons. The van der Waals surface area contributed by atoms with Crippen molar-refractivity contribution in [3.05, 3.63) is 111 Å². The van der Waals surface area contributed by atoms with Crippen LogP contribution in [0.2, 0.25) is 0 Å². The number of benzene rings is 4. The number of hydrogen-bond acceptors (Lipinski definition) is 3. The number of amides is 1. The number of halogens is 2. The van der Waals surface area contributed by atoms with Gasteiger partial charge in [0.1, 0.15) is 12.4 Å². The lowest BCUT2D eigenvalue weighted by atomic mass is 10.1. The van der Waals surface area contributed by atoms with Gasteiger partial charge in [0.25, 0.3) is 5.91 Å². The first kappa shape index (κ1) is 22.6. The summed E-state index contributed by atoms with van der Waals surface area (Å²) in [7, 11) is 0. The average Bonchev–Trinajstić information content (AvgIpc) is 3.12. The van der Waals surface area contributed by atoms with Crippen molar-refractivity contribution in [1.29, 1.82) is 0 Å². The van der Waals surface area contributed by atoms with Gasteiger partial charge in [-0.25, -0.2) is 0 Å². The zero-order valence-electron chi connectivity index (χ0n) is 18.3. The fourth-order valence-electron chi connectivity index (χ4n) is 3.96. The molecule has 6 heteroatoms. The Hall–Kier alpha value is -3.22. The molecule has 0 atom stereocenters. The number of fused-ring (bicyclic) bond motifs is 1. The number of anilines is 1. The number of para-hydroxylation sites is 1. The van der Waals surface area contributed by atoms with E-state index in [1.54, 1.807) is 0 Å². The highest BCUT2D eigenvalue weighted by atomic mass is 79.9. The number of carbonyl (C=O) groups is 1. The summed E-state index contributed by atoms with van der Waals surface area (Å²) in [4.78, 5) is 13.0. The Morgan fingerprint density at radius 2 is 1.59 bits per heavy atom. The maximum atomic E-state index is 13.0. The second kappa shape index (κ2) is 9.57. The minimum absolute atomic E-state index is 0.146. The largest absolute Gasteiger partial charge is 0.487 e. The number of hydrazone groups is 1. The first-order chi connectivity index (χ1) is 16.5. The summed E-state index contributed by atoms with van der Waals surface area (Å²) < 4.78 is 7.79. The monoisotopic (exact) mass is 574 g/mol. The summed E-state index contributed by atoms with van der Waals surface area (Å²) in [5, 5.41) is 8.25. The molecule has 0 aromatic heterocycles. The van der Waals surface area contributed by atoms with Crippen LogP contribution in [0.15, 0.2) is 105 Å². The van der Waals surface area contributed by atoms with Crippen molar-refractivity contribution < 1.29 is 9.53 Å². The Morgan fingerprint density at radius 3 is 2.35 bits per heavy atom. The lowest BCUT2D eigenvalue weighted by molar-refractivity contribution is -0.114. The van der Waals surface area contributed by atoms with Crippen LogP contribution in [0.1, 0.15) is 18.1 Å². The van der Waals surface area contributed by atoms with Gasteiger partial charge in [0.2, 0.25) is 0 Å². The molecule has 0 N–H and O–H groups in total. The predicted octanol–water partition coefficient (Wildman–Crippen LogP) is 7.75. The van der Waals surface area contributed by atoms with Crippen LogP contribution < -0.4 is 9.75 Å². The van der Waals surface area contributed by atoms with Crippen molar-refractivity contribution in [1.82, 2.24) is 0 Å². The molecule has 4 aromatic carbocycles. The summed E-state index contributed by atoms with van der Waals surface area (Å²) in [6, 6.07) is 27.8. The van der Waals surface area contributed by atoms with E-state index in [1.165, 1.54) is 15.8 Å². The molecule has 1 aliphatic rings. The second-order valence-corrected chi connectivity index (χ2v) is 9.65. The van der Waals surface area contributed by atoms with E-state index >= 15 is 0 Å². The van der Waals surface area contributed by atoms with Gasteiger partial charge in [0, 0.05) is 0 Å². The molecule has 5 rings (SSSR count). The number of ether oxygens (including phenoxy) is 1. The van der Waals surface area contributed by atoms with Crippen molar-refractivity contribution in [2.45, 2.75) is 13.5 Å². The molecule has 0 fully saturated rings. The number of hydrogen-bond donors (Lipinski definition) is 0. The van der Waals surface area contributed by atoms with Gasteiger partial charge in [-0.2, -0.15) is 10.1 Å². The predicted molar refractivity (Wildman–Crippen MR) is 145 cm³/mol. The van der Waals surface area contributed by atoms with Gasteiger partial charge < -0.3 is 4.74 Å². The van der Waals surface area contributed by atoms with Gasteiger partial charge in [-0.05, 0) is 91.0 Å². The van der Waals surface area contributed by atoms with Crippen molar-refractivity contribution in [3.8, 4) is 5.75 Å². The minimum atomic E-state index is -0.146. The summed E-state index contributed by atoms with van der Waals surface area (Å²) in [6.07, 6.45) is 1.86. The second-order valence-electron chi connectivity index (χ2n) is 7.94. The average molecular weight is 576 g/mol. The molecule has 1 aliphatic heterocycles. The lowest BCUT2D eigenvalue weighted by Gasteiger charge is -2.13. The van der Waals surface area contributed by atoms with Gasteiger partial charge >= 0.3 is 0 Å². The van der Waals surface area contributed by atoms with E-state index in [4.69, 9.17) is 4.74 Å². The zero-order chi connectivity index (χ0) is 23.7. The highest BCUT2D eigenvalue weighted by Crippen LogP contribution is 2.37. The molecule has 0 bridgehead atoms. The molecule has 1 amide bonds. The van der Waals surface area contributed by atoms with Crippen LogP contribution in [-0.2, 0) is 11.4 Å². The fourth-order valence-corrected chi connectivity index (χ4v) is 5.41. The number of carbonyl (C=O) groups excluding carboxylic acids is 1. The Kier molecular flexibility index (Phi) is 6.35. The van der Waals surface area contributed by atoms with Crippen LogP contribution >= 0.6 is 31.9 Å². The number of rotatable bonds is 5. The molecule has 0 saturated carbocycles. The van der Waals surface area contributed by atoms with Crippen LogP contribution in [0.5, 0.6) is 5.75 Å². The smallest absolute Gasteiger partial charge is 0.280 e. The van der Waals surface area contributed by atoms with Crippen molar-refractivity contribution >= 4 is 66.0 Å². The molecular weight excluding hydrogens is 556 g/mol. The first-order valence-electron chi connectivity index (χ1n) is 10.8. The molecule has 0 unspecified atom stereocenters. The molecule has 0 aliphatic carbocycles. The molecule has 0 spiro atoms. The van der Waals surface area contributed by atoms with Gasteiger partial charge in [0.05, 0.1) is 25.9 Å². The SMILES string of the molecule is CC1=NN(c2ccccc2)C(=O)/C1=C/c1cc(Br)c(OCc2cccc3ccccc23)c(Br)c1. The Labute approximate surface area is 214 Å². The van der Waals surface area contributed by atoms with Gasteiger partial charge in [0.15, 0.2) is 0 Å². The third-order valence-electron chi connectivity index (χ3n) is 5.65. The first-order valence-corrected chi connectivity index (χ1v) is 12.3. The number of nitrogens with zero attached hydrogens (tertiary/aromatic N) is 2. The van der Waals surface area contributed by atoms with Crippen LogP contribution in [0, 0.1) is 0 Å². The highest BCUT2D eigenvalue weighted by molar-refractivity contribution is 9.11. The molecule has 1 heterocycles. The van der Waals surface area contributed by atoms with Crippen molar-refractivity contribution in [2.75, 3.05) is 5.01 Å². The van der Waals surface area contributed by atoms with Gasteiger partial charge in [-0.3, -0.25) is 4.79 Å². The van der Waals surface area contributed by atoms with Crippen molar-refractivity contribution in [2.24, 2.45) is 5.10 Å². The Morgan fingerprint density at radius 1 is 0.912 bits per heavy atom. The van der Waals surface area contributed by atoms with E-state index in [1.807, 2.05) is 73.7 Å². The molecule has 168 valence electrons. The Bertz CT molecular complexity index is 1430. The Balaban J connectivity index is 1.39. The quantitative estimate of drug-likeness (QED) is 0.228. The highest BCUT2D eigenvalue weighted by Gasteiger charge is 2.28. The summed E-state index contributed by atoms with van der Waals surface area (Å²) >= 11 is 7.28. The maximum Gasteiger partial charge on any atom is 0.280 e. The molecule has 34 heavy (non-hydrogen) atoms. The third-order valence-corrected chi connectivity index (χ3v) is 6.82. The minimum Gasteiger partial charge on any atom is -0.487 e. The topological polar surface area (TPSA) is 41.9 Å². The van der Waals surface area contributed by atoms with Gasteiger partial charge in [-0.15, -0.1) is 0 Å². The molecule has 4 nitrogen and oxygen atoms in total. The normalized spacial score (nSPS) is 14.7. The van der Waals surface area contributed by atoms with Crippen LogP contribution in [-0.4, -0.2) is 11.6 Å².